The molecule has 0 bridgehead atoms. The highest BCUT2D eigenvalue weighted by molar-refractivity contribution is 4.84. The zero-order chi connectivity index (χ0) is 11.4. The van der Waals surface area contributed by atoms with Crippen LogP contribution in [0.1, 0.15) is 45.4 Å². The van der Waals surface area contributed by atoms with Gasteiger partial charge in [-0.2, -0.15) is 0 Å². The van der Waals surface area contributed by atoms with Crippen molar-refractivity contribution in [2.24, 2.45) is 11.7 Å². The SMILES string of the molecule is CC(NC1CCCC(N)C1)C1CCOCC1. The van der Waals surface area contributed by atoms with Gasteiger partial charge >= 0.3 is 0 Å². The monoisotopic (exact) mass is 226 g/mol. The molecule has 0 aromatic rings. The molecule has 2 fully saturated rings. The number of hydrogen-bond donors (Lipinski definition) is 2. The van der Waals surface area contributed by atoms with E-state index in [1.54, 1.807) is 0 Å². The van der Waals surface area contributed by atoms with Crippen LogP contribution in [0.15, 0.2) is 0 Å². The van der Waals surface area contributed by atoms with Gasteiger partial charge in [-0.1, -0.05) is 6.42 Å². The maximum absolute atomic E-state index is 6.02. The average Bonchev–Trinajstić information content (AvgIpc) is 2.30. The van der Waals surface area contributed by atoms with E-state index in [9.17, 15) is 0 Å². The molecular weight excluding hydrogens is 200 g/mol. The zero-order valence-electron chi connectivity index (χ0n) is 10.5. The second-order valence-corrected chi connectivity index (χ2v) is 5.53. The van der Waals surface area contributed by atoms with Crippen LogP contribution in [-0.2, 0) is 4.74 Å². The van der Waals surface area contributed by atoms with E-state index in [-0.39, 0.29) is 0 Å². The van der Waals surface area contributed by atoms with E-state index in [1.165, 1.54) is 32.1 Å². The minimum absolute atomic E-state index is 0.424. The van der Waals surface area contributed by atoms with Gasteiger partial charge < -0.3 is 15.8 Å². The molecular formula is C13H26N2O. The first kappa shape index (κ1) is 12.3. The summed E-state index contributed by atoms with van der Waals surface area (Å²) in [7, 11) is 0. The summed E-state index contributed by atoms with van der Waals surface area (Å²) in [5.74, 6) is 0.798. The van der Waals surface area contributed by atoms with Crippen molar-refractivity contribution in [3.05, 3.63) is 0 Å². The second kappa shape index (κ2) is 5.99. The van der Waals surface area contributed by atoms with Gasteiger partial charge in [0.2, 0.25) is 0 Å². The first-order valence-corrected chi connectivity index (χ1v) is 6.85. The predicted molar refractivity (Wildman–Crippen MR) is 66.4 cm³/mol. The van der Waals surface area contributed by atoms with E-state index < -0.39 is 0 Å². The summed E-state index contributed by atoms with van der Waals surface area (Å²) >= 11 is 0. The van der Waals surface area contributed by atoms with Gasteiger partial charge in [0.15, 0.2) is 0 Å². The third-order valence-corrected chi connectivity index (χ3v) is 4.19. The van der Waals surface area contributed by atoms with Crippen LogP contribution < -0.4 is 11.1 Å². The van der Waals surface area contributed by atoms with Crippen LogP contribution in [0.4, 0.5) is 0 Å². The quantitative estimate of drug-likeness (QED) is 0.769. The number of hydrogen-bond acceptors (Lipinski definition) is 3. The van der Waals surface area contributed by atoms with Crippen LogP contribution in [0, 0.1) is 5.92 Å². The van der Waals surface area contributed by atoms with Gasteiger partial charge in [0.1, 0.15) is 0 Å². The van der Waals surface area contributed by atoms with Gasteiger partial charge in [0, 0.05) is 31.3 Å². The molecule has 0 aromatic carbocycles. The van der Waals surface area contributed by atoms with Crippen molar-refractivity contribution < 1.29 is 4.74 Å². The molecule has 0 spiro atoms. The van der Waals surface area contributed by atoms with E-state index >= 15 is 0 Å². The van der Waals surface area contributed by atoms with E-state index in [0.29, 0.717) is 18.1 Å². The van der Waals surface area contributed by atoms with E-state index in [1.807, 2.05) is 0 Å². The van der Waals surface area contributed by atoms with Crippen molar-refractivity contribution in [1.29, 1.82) is 0 Å². The Kier molecular flexibility index (Phi) is 4.62. The number of nitrogens with two attached hydrogens (primary N) is 1. The number of ether oxygens (including phenoxy) is 1. The molecule has 0 amide bonds. The molecule has 2 aliphatic rings. The largest absolute Gasteiger partial charge is 0.381 e. The normalized spacial score (nSPS) is 34.9. The lowest BCUT2D eigenvalue weighted by Gasteiger charge is -2.34. The molecule has 1 aliphatic heterocycles. The van der Waals surface area contributed by atoms with Gasteiger partial charge in [-0.05, 0) is 44.9 Å². The van der Waals surface area contributed by atoms with Crippen LogP contribution >= 0.6 is 0 Å². The van der Waals surface area contributed by atoms with Crippen LogP contribution in [-0.4, -0.2) is 31.3 Å². The molecule has 1 aliphatic carbocycles. The van der Waals surface area contributed by atoms with Gasteiger partial charge in [0.25, 0.3) is 0 Å². The Morgan fingerprint density at radius 2 is 1.94 bits per heavy atom. The first-order valence-electron chi connectivity index (χ1n) is 6.85. The molecule has 3 N–H and O–H groups in total. The molecule has 3 unspecified atom stereocenters. The van der Waals surface area contributed by atoms with Gasteiger partial charge in [-0.15, -0.1) is 0 Å². The minimum Gasteiger partial charge on any atom is -0.381 e. The van der Waals surface area contributed by atoms with Gasteiger partial charge in [0.05, 0.1) is 0 Å². The summed E-state index contributed by atoms with van der Waals surface area (Å²) in [6.07, 6.45) is 7.40. The van der Waals surface area contributed by atoms with E-state index in [2.05, 4.69) is 12.2 Å². The van der Waals surface area contributed by atoms with Crippen molar-refractivity contribution in [3.8, 4) is 0 Å². The summed E-state index contributed by atoms with van der Waals surface area (Å²) in [6.45, 7) is 4.22. The predicted octanol–water partition coefficient (Wildman–Crippen LogP) is 1.66. The van der Waals surface area contributed by atoms with Crippen LogP contribution in [0.3, 0.4) is 0 Å². The highest BCUT2D eigenvalue weighted by atomic mass is 16.5. The van der Waals surface area contributed by atoms with Crippen molar-refractivity contribution >= 4 is 0 Å². The van der Waals surface area contributed by atoms with Crippen molar-refractivity contribution in [3.63, 3.8) is 0 Å². The Labute approximate surface area is 99.1 Å². The number of rotatable bonds is 3. The molecule has 0 radical (unpaired) electrons. The van der Waals surface area contributed by atoms with Crippen LogP contribution in [0.2, 0.25) is 0 Å². The standard InChI is InChI=1S/C13H26N2O/c1-10(11-5-7-16-8-6-11)15-13-4-2-3-12(14)9-13/h10-13,15H,2-9,14H2,1H3. The van der Waals surface area contributed by atoms with Crippen LogP contribution in [0.25, 0.3) is 0 Å². The van der Waals surface area contributed by atoms with E-state index in [0.717, 1.165) is 25.6 Å². The zero-order valence-corrected chi connectivity index (χ0v) is 10.5. The average molecular weight is 226 g/mol. The molecule has 1 saturated heterocycles. The third-order valence-electron chi connectivity index (χ3n) is 4.19. The molecule has 2 rings (SSSR count). The van der Waals surface area contributed by atoms with Crippen molar-refractivity contribution in [2.45, 2.75) is 63.6 Å². The molecule has 0 aromatic heterocycles. The summed E-state index contributed by atoms with van der Waals surface area (Å²) in [4.78, 5) is 0. The Balaban J connectivity index is 1.74. The topological polar surface area (TPSA) is 47.3 Å². The summed E-state index contributed by atoms with van der Waals surface area (Å²) in [5.41, 5.74) is 6.02. The molecule has 94 valence electrons. The Hall–Kier alpha value is -0.120. The second-order valence-electron chi connectivity index (χ2n) is 5.53. The molecule has 1 saturated carbocycles. The van der Waals surface area contributed by atoms with E-state index in [4.69, 9.17) is 10.5 Å². The minimum atomic E-state index is 0.424. The molecule has 1 heterocycles. The van der Waals surface area contributed by atoms with Crippen molar-refractivity contribution in [2.75, 3.05) is 13.2 Å². The smallest absolute Gasteiger partial charge is 0.0469 e. The fourth-order valence-electron chi connectivity index (χ4n) is 3.10. The number of nitrogens with one attached hydrogen (secondary N) is 1. The van der Waals surface area contributed by atoms with Crippen molar-refractivity contribution in [1.82, 2.24) is 5.32 Å². The summed E-state index contributed by atoms with van der Waals surface area (Å²) in [6, 6.07) is 1.70. The first-order chi connectivity index (χ1) is 7.75. The fourth-order valence-corrected chi connectivity index (χ4v) is 3.10. The lowest BCUT2D eigenvalue weighted by atomic mass is 9.88. The van der Waals surface area contributed by atoms with Gasteiger partial charge in [-0.3, -0.25) is 0 Å². The molecule has 3 heteroatoms. The molecule has 3 atom stereocenters. The highest BCUT2D eigenvalue weighted by Gasteiger charge is 2.25. The summed E-state index contributed by atoms with van der Waals surface area (Å²) < 4.78 is 5.41. The fraction of sp³-hybridized carbons (Fsp3) is 1.00. The van der Waals surface area contributed by atoms with Crippen LogP contribution in [0.5, 0.6) is 0 Å². The third kappa shape index (κ3) is 3.44. The Bertz CT molecular complexity index is 204. The lowest BCUT2D eigenvalue weighted by Crippen LogP contribution is -2.46. The maximum Gasteiger partial charge on any atom is 0.0469 e. The molecule has 16 heavy (non-hydrogen) atoms. The Morgan fingerprint density at radius 3 is 2.62 bits per heavy atom. The molecule has 3 nitrogen and oxygen atoms in total. The summed E-state index contributed by atoms with van der Waals surface area (Å²) in [5, 5.41) is 3.78. The lowest BCUT2D eigenvalue weighted by molar-refractivity contribution is 0.0534. The Morgan fingerprint density at radius 1 is 1.19 bits per heavy atom. The highest BCUT2D eigenvalue weighted by Crippen LogP contribution is 2.22. The maximum atomic E-state index is 6.02. The van der Waals surface area contributed by atoms with Gasteiger partial charge in [-0.25, -0.2) is 0 Å².